The molecular weight excluding hydrogens is 369 g/mol. The quantitative estimate of drug-likeness (QED) is 0.825. The Morgan fingerprint density at radius 1 is 1.44 bits per heavy atom. The Kier molecular flexibility index (Phi) is 6.95. The first-order valence-electron chi connectivity index (χ1n) is 9.73. The van der Waals surface area contributed by atoms with Crippen molar-refractivity contribution in [1.29, 1.82) is 0 Å². The lowest BCUT2D eigenvalue weighted by Gasteiger charge is -2.35. The number of hydrogen-bond acceptors (Lipinski definition) is 3. The Labute approximate surface area is 165 Å². The van der Waals surface area contributed by atoms with E-state index in [0.717, 1.165) is 37.8 Å². The summed E-state index contributed by atoms with van der Waals surface area (Å²) in [5.41, 5.74) is 1.50. The third-order valence-corrected chi connectivity index (χ3v) is 5.56. The molecule has 1 aliphatic carbocycles. The van der Waals surface area contributed by atoms with Crippen molar-refractivity contribution in [3.05, 3.63) is 34.1 Å². The molecule has 1 aromatic rings. The maximum Gasteiger partial charge on any atom is 0.318 e. The Bertz CT molecular complexity index is 671. The van der Waals surface area contributed by atoms with Crippen LogP contribution in [0.5, 0.6) is 0 Å². The highest BCUT2D eigenvalue weighted by Gasteiger charge is 2.29. The van der Waals surface area contributed by atoms with Gasteiger partial charge in [-0.1, -0.05) is 11.6 Å². The van der Waals surface area contributed by atoms with Gasteiger partial charge in [-0.3, -0.25) is 0 Å². The highest BCUT2D eigenvalue weighted by atomic mass is 35.5. The van der Waals surface area contributed by atoms with Crippen molar-refractivity contribution in [1.82, 2.24) is 15.1 Å². The highest BCUT2D eigenvalue weighted by Crippen LogP contribution is 2.33. The predicted octanol–water partition coefficient (Wildman–Crippen LogP) is 3.61. The number of nitrogens with one attached hydrogen (secondary N) is 1. The van der Waals surface area contributed by atoms with Crippen LogP contribution in [0.3, 0.4) is 0 Å². The van der Waals surface area contributed by atoms with Crippen LogP contribution in [0.2, 0.25) is 5.02 Å². The zero-order valence-electron chi connectivity index (χ0n) is 16.1. The van der Waals surface area contributed by atoms with Crippen LogP contribution in [0.15, 0.2) is 12.1 Å². The molecule has 2 amide bonds. The van der Waals surface area contributed by atoms with Crippen molar-refractivity contribution in [2.75, 3.05) is 40.3 Å². The van der Waals surface area contributed by atoms with Crippen molar-refractivity contribution < 1.29 is 13.9 Å². The molecule has 1 N–H and O–H groups in total. The number of carbonyl (C=O) groups excluding carboxylic acids is 1. The molecule has 1 saturated heterocycles. The van der Waals surface area contributed by atoms with E-state index in [1.807, 2.05) is 4.90 Å². The zero-order chi connectivity index (χ0) is 19.4. The molecule has 2 aliphatic rings. The summed E-state index contributed by atoms with van der Waals surface area (Å²) < 4.78 is 20.0. The van der Waals surface area contributed by atoms with E-state index in [9.17, 15) is 9.18 Å². The van der Waals surface area contributed by atoms with Gasteiger partial charge in [-0.05, 0) is 76.0 Å². The minimum Gasteiger partial charge on any atom is -0.375 e. The monoisotopic (exact) mass is 397 g/mol. The van der Waals surface area contributed by atoms with Gasteiger partial charge in [0.05, 0.1) is 18.8 Å². The summed E-state index contributed by atoms with van der Waals surface area (Å²) in [5, 5.41) is 3.47. The van der Waals surface area contributed by atoms with Gasteiger partial charge in [0.15, 0.2) is 0 Å². The third kappa shape index (κ3) is 5.33. The fourth-order valence-electron chi connectivity index (χ4n) is 3.94. The second-order valence-electron chi connectivity index (χ2n) is 7.73. The molecule has 0 saturated carbocycles. The van der Waals surface area contributed by atoms with Crippen molar-refractivity contribution in [2.45, 2.75) is 44.2 Å². The number of amides is 2. The van der Waals surface area contributed by atoms with Crippen molar-refractivity contribution in [3.63, 3.8) is 0 Å². The average Bonchev–Trinajstić information content (AvgIpc) is 2.62. The van der Waals surface area contributed by atoms with Gasteiger partial charge in [0.1, 0.15) is 5.82 Å². The largest absolute Gasteiger partial charge is 0.375 e. The number of rotatable bonds is 5. The molecule has 0 bridgehead atoms. The fraction of sp³-hybridized carbons (Fsp3) is 0.650. The standard InChI is InChI=1S/C20H29ClFN3O2/c1-24(2)8-4-5-15-13-25(9-10-27-15)20(26)23-19-7-3-6-16-17(19)11-14(21)12-18(16)22/h11-12,15,19H,3-10,13H2,1-2H3,(H,23,26). The molecule has 1 aromatic carbocycles. The van der Waals surface area contributed by atoms with Gasteiger partial charge in [-0.25, -0.2) is 9.18 Å². The van der Waals surface area contributed by atoms with Gasteiger partial charge in [0.2, 0.25) is 0 Å². The number of benzene rings is 1. The average molecular weight is 398 g/mol. The van der Waals surface area contributed by atoms with Gasteiger partial charge in [0.25, 0.3) is 0 Å². The molecule has 3 rings (SSSR count). The number of fused-ring (bicyclic) bond motifs is 1. The summed E-state index contributed by atoms with van der Waals surface area (Å²) in [4.78, 5) is 16.8. The Morgan fingerprint density at radius 3 is 3.04 bits per heavy atom. The summed E-state index contributed by atoms with van der Waals surface area (Å²) in [6, 6.07) is 2.84. The lowest BCUT2D eigenvalue weighted by Crippen LogP contribution is -2.50. The summed E-state index contributed by atoms with van der Waals surface area (Å²) in [7, 11) is 4.11. The van der Waals surface area contributed by atoms with Gasteiger partial charge >= 0.3 is 6.03 Å². The Hall–Kier alpha value is -1.37. The van der Waals surface area contributed by atoms with Crippen LogP contribution in [0.25, 0.3) is 0 Å². The van der Waals surface area contributed by atoms with Gasteiger partial charge in [-0.15, -0.1) is 0 Å². The van der Waals surface area contributed by atoms with E-state index in [4.69, 9.17) is 16.3 Å². The second-order valence-corrected chi connectivity index (χ2v) is 8.17. The van der Waals surface area contributed by atoms with Gasteiger partial charge < -0.3 is 19.9 Å². The molecule has 150 valence electrons. The molecule has 7 heteroatoms. The summed E-state index contributed by atoms with van der Waals surface area (Å²) in [6.07, 6.45) is 4.41. The third-order valence-electron chi connectivity index (χ3n) is 5.34. The van der Waals surface area contributed by atoms with Crippen LogP contribution in [0, 0.1) is 5.82 Å². The number of urea groups is 1. The molecule has 27 heavy (non-hydrogen) atoms. The van der Waals surface area contributed by atoms with Gasteiger partial charge in [0, 0.05) is 18.1 Å². The minimum absolute atomic E-state index is 0.0787. The Balaban J connectivity index is 1.59. The number of halogens is 2. The van der Waals surface area contributed by atoms with Crippen LogP contribution in [-0.2, 0) is 11.2 Å². The summed E-state index contributed by atoms with van der Waals surface area (Å²) in [5.74, 6) is -0.274. The SMILES string of the molecule is CN(C)CCCC1CN(C(=O)NC2CCCc3c(F)cc(Cl)cc32)CCO1. The van der Waals surface area contributed by atoms with Crippen LogP contribution >= 0.6 is 11.6 Å². The number of carbonyl (C=O) groups is 1. The van der Waals surface area contributed by atoms with E-state index in [2.05, 4.69) is 24.3 Å². The number of morpholine rings is 1. The van der Waals surface area contributed by atoms with Crippen molar-refractivity contribution in [2.24, 2.45) is 0 Å². The first kappa shape index (κ1) is 20.4. The molecule has 1 aliphatic heterocycles. The molecule has 2 atom stereocenters. The maximum atomic E-state index is 14.2. The van der Waals surface area contributed by atoms with E-state index in [1.54, 1.807) is 6.07 Å². The zero-order valence-corrected chi connectivity index (χ0v) is 16.9. The lowest BCUT2D eigenvalue weighted by molar-refractivity contribution is -0.0197. The molecule has 0 aromatic heterocycles. The molecule has 0 radical (unpaired) electrons. The van der Waals surface area contributed by atoms with Crippen LogP contribution < -0.4 is 5.32 Å². The Morgan fingerprint density at radius 2 is 2.26 bits per heavy atom. The molecular formula is C20H29ClFN3O2. The molecule has 0 spiro atoms. The molecule has 1 heterocycles. The topological polar surface area (TPSA) is 44.8 Å². The van der Waals surface area contributed by atoms with E-state index in [-0.39, 0.29) is 24.0 Å². The molecule has 5 nitrogen and oxygen atoms in total. The predicted molar refractivity (Wildman–Crippen MR) is 105 cm³/mol. The van der Waals surface area contributed by atoms with E-state index >= 15 is 0 Å². The number of ether oxygens (including phenoxy) is 1. The molecule has 2 unspecified atom stereocenters. The van der Waals surface area contributed by atoms with Crippen molar-refractivity contribution in [3.8, 4) is 0 Å². The molecule has 1 fully saturated rings. The number of hydrogen-bond donors (Lipinski definition) is 1. The van der Waals surface area contributed by atoms with Crippen molar-refractivity contribution >= 4 is 17.6 Å². The summed E-state index contributed by atoms with van der Waals surface area (Å²) in [6.45, 7) is 2.75. The second kappa shape index (κ2) is 9.22. The van der Waals surface area contributed by atoms with E-state index < -0.39 is 0 Å². The minimum atomic E-state index is -0.274. The lowest BCUT2D eigenvalue weighted by atomic mass is 9.87. The van der Waals surface area contributed by atoms with E-state index in [1.165, 1.54) is 6.07 Å². The fourth-order valence-corrected chi connectivity index (χ4v) is 4.15. The van der Waals surface area contributed by atoms with Gasteiger partial charge in [-0.2, -0.15) is 0 Å². The smallest absolute Gasteiger partial charge is 0.318 e. The van der Waals surface area contributed by atoms with E-state index in [0.29, 0.717) is 36.7 Å². The van der Waals surface area contributed by atoms with Crippen LogP contribution in [-0.4, -0.2) is 62.3 Å². The van der Waals surface area contributed by atoms with Crippen LogP contribution in [0.4, 0.5) is 9.18 Å². The number of nitrogens with zero attached hydrogens (tertiary/aromatic N) is 2. The van der Waals surface area contributed by atoms with Crippen LogP contribution in [0.1, 0.15) is 42.9 Å². The normalized spacial score (nSPS) is 22.6. The first-order valence-corrected chi connectivity index (χ1v) is 10.1. The maximum absolute atomic E-state index is 14.2. The highest BCUT2D eigenvalue weighted by molar-refractivity contribution is 6.30. The first-order chi connectivity index (χ1) is 12.9. The summed E-state index contributed by atoms with van der Waals surface area (Å²) >= 11 is 6.04.